The van der Waals surface area contributed by atoms with Crippen molar-refractivity contribution >= 4 is 6.01 Å². The predicted molar refractivity (Wildman–Crippen MR) is 118 cm³/mol. The van der Waals surface area contributed by atoms with E-state index in [4.69, 9.17) is 14.0 Å². The second kappa shape index (κ2) is 9.82. The molecule has 0 bridgehead atoms. The molecule has 2 aliphatic rings. The molecule has 0 N–H and O–H groups in total. The molecule has 0 amide bonds. The summed E-state index contributed by atoms with van der Waals surface area (Å²) in [6.45, 7) is 5.90. The van der Waals surface area contributed by atoms with Crippen LogP contribution in [0.4, 0.5) is 6.01 Å². The monoisotopic (exact) mass is 454 g/mol. The largest absolute Gasteiger partial charge is 0.473 e. The third-order valence-corrected chi connectivity index (χ3v) is 6.22. The predicted octanol–water partition coefficient (Wildman–Crippen LogP) is 2.94. The normalized spacial score (nSPS) is 22.1. The molecule has 11 heteroatoms. The average molecular weight is 455 g/mol. The maximum absolute atomic E-state index is 6.42. The van der Waals surface area contributed by atoms with Gasteiger partial charge in [-0.3, -0.25) is 0 Å². The highest BCUT2D eigenvalue weighted by Crippen LogP contribution is 2.28. The first-order chi connectivity index (χ1) is 16.1. The van der Waals surface area contributed by atoms with Crippen LogP contribution in [0.2, 0.25) is 0 Å². The summed E-state index contributed by atoms with van der Waals surface area (Å²) in [5.74, 6) is 2.19. The lowest BCUT2D eigenvalue weighted by Gasteiger charge is -2.35. The molecule has 0 unspecified atom stereocenters. The number of anilines is 1. The van der Waals surface area contributed by atoms with Crippen LogP contribution in [0.3, 0.4) is 0 Å². The van der Waals surface area contributed by atoms with Crippen LogP contribution in [0.25, 0.3) is 5.82 Å². The first-order valence-electron chi connectivity index (χ1n) is 11.7. The van der Waals surface area contributed by atoms with E-state index in [0.29, 0.717) is 17.7 Å². The highest BCUT2D eigenvalue weighted by atomic mass is 16.5. The van der Waals surface area contributed by atoms with Crippen LogP contribution in [-0.2, 0) is 4.74 Å². The Morgan fingerprint density at radius 1 is 0.970 bits per heavy atom. The van der Waals surface area contributed by atoms with Crippen LogP contribution in [0.1, 0.15) is 64.1 Å². The van der Waals surface area contributed by atoms with Crippen molar-refractivity contribution in [2.24, 2.45) is 0 Å². The summed E-state index contributed by atoms with van der Waals surface area (Å²) in [6, 6.07) is 0.632. The standard InChI is InChI=1S/C22H30N8O3/c1-15(2)21-27-22(33-28-21)29-9-7-18(8-10-29)31-16-3-5-17(6-4-16)32-20-12-24-19(11-25-20)30-14-23-13-26-30/h11-18H,3-10H2,1-2H3. The van der Waals surface area contributed by atoms with Gasteiger partial charge >= 0.3 is 6.01 Å². The lowest BCUT2D eigenvalue weighted by atomic mass is 9.94. The van der Waals surface area contributed by atoms with Crippen molar-refractivity contribution in [3.05, 3.63) is 30.9 Å². The molecule has 0 radical (unpaired) electrons. The summed E-state index contributed by atoms with van der Waals surface area (Å²) >= 11 is 0. The number of hydrogen-bond donors (Lipinski definition) is 0. The molecule has 1 aliphatic heterocycles. The Hall–Kier alpha value is -3.08. The summed E-state index contributed by atoms with van der Waals surface area (Å²) in [4.78, 5) is 19.3. The Balaban J connectivity index is 1.03. The smallest absolute Gasteiger partial charge is 0.324 e. The van der Waals surface area contributed by atoms with Crippen molar-refractivity contribution in [2.75, 3.05) is 18.0 Å². The van der Waals surface area contributed by atoms with Crippen molar-refractivity contribution in [3.8, 4) is 11.7 Å². The zero-order valence-electron chi connectivity index (χ0n) is 19.1. The Labute approximate surface area is 192 Å². The minimum Gasteiger partial charge on any atom is -0.473 e. The molecular formula is C22H30N8O3. The average Bonchev–Trinajstić information content (AvgIpc) is 3.54. The van der Waals surface area contributed by atoms with Gasteiger partial charge in [-0.25, -0.2) is 19.6 Å². The van der Waals surface area contributed by atoms with Crippen molar-refractivity contribution in [3.63, 3.8) is 0 Å². The molecule has 1 aliphatic carbocycles. The first-order valence-corrected chi connectivity index (χ1v) is 11.7. The number of rotatable bonds is 7. The van der Waals surface area contributed by atoms with Gasteiger partial charge in [-0.1, -0.05) is 19.0 Å². The topological polar surface area (TPSA) is 117 Å². The van der Waals surface area contributed by atoms with E-state index in [2.05, 4.69) is 48.9 Å². The van der Waals surface area contributed by atoms with E-state index in [0.717, 1.165) is 57.4 Å². The van der Waals surface area contributed by atoms with Crippen LogP contribution in [-0.4, -0.2) is 66.3 Å². The summed E-state index contributed by atoms with van der Waals surface area (Å²) in [5.41, 5.74) is 0. The minimum atomic E-state index is 0.144. The Kier molecular flexibility index (Phi) is 6.47. The highest BCUT2D eigenvalue weighted by molar-refractivity contribution is 5.26. The molecule has 3 aromatic heterocycles. The van der Waals surface area contributed by atoms with Gasteiger partial charge in [-0.15, -0.1) is 0 Å². The van der Waals surface area contributed by atoms with E-state index in [1.54, 1.807) is 23.4 Å². The molecule has 0 spiro atoms. The fourth-order valence-corrected chi connectivity index (χ4v) is 4.32. The SMILES string of the molecule is CC(C)c1noc(N2CCC(OC3CCC(Oc4cnc(-n5cncn5)cn4)CC3)CC2)n1. The van der Waals surface area contributed by atoms with Gasteiger partial charge < -0.3 is 18.9 Å². The van der Waals surface area contributed by atoms with Gasteiger partial charge in [0.15, 0.2) is 11.6 Å². The van der Waals surface area contributed by atoms with Crippen LogP contribution >= 0.6 is 0 Å². The molecule has 11 nitrogen and oxygen atoms in total. The van der Waals surface area contributed by atoms with Crippen molar-refractivity contribution < 1.29 is 14.0 Å². The molecule has 176 valence electrons. The summed E-state index contributed by atoms with van der Waals surface area (Å²) in [6.07, 6.45) is 12.9. The quantitative estimate of drug-likeness (QED) is 0.527. The number of nitrogens with zero attached hydrogens (tertiary/aromatic N) is 8. The molecule has 4 heterocycles. The molecule has 5 rings (SSSR count). The Bertz CT molecular complexity index is 991. The summed E-state index contributed by atoms with van der Waals surface area (Å²) < 4.78 is 19.5. The Morgan fingerprint density at radius 2 is 1.73 bits per heavy atom. The molecule has 1 saturated heterocycles. The van der Waals surface area contributed by atoms with Crippen molar-refractivity contribution in [1.82, 2.24) is 34.9 Å². The zero-order valence-corrected chi connectivity index (χ0v) is 19.1. The van der Waals surface area contributed by atoms with Gasteiger partial charge in [-0.2, -0.15) is 10.1 Å². The lowest BCUT2D eigenvalue weighted by Crippen LogP contribution is -2.39. The van der Waals surface area contributed by atoms with E-state index in [1.807, 2.05) is 0 Å². The van der Waals surface area contributed by atoms with E-state index >= 15 is 0 Å². The number of piperidine rings is 1. The third kappa shape index (κ3) is 5.29. The van der Waals surface area contributed by atoms with Gasteiger partial charge in [0, 0.05) is 19.0 Å². The van der Waals surface area contributed by atoms with Gasteiger partial charge in [0.05, 0.1) is 24.6 Å². The molecule has 1 saturated carbocycles. The molecule has 3 aromatic rings. The molecular weight excluding hydrogens is 424 g/mol. The molecule has 0 aromatic carbocycles. The van der Waals surface area contributed by atoms with Crippen LogP contribution in [0.5, 0.6) is 5.88 Å². The third-order valence-electron chi connectivity index (χ3n) is 6.22. The van der Waals surface area contributed by atoms with Gasteiger partial charge in [0.1, 0.15) is 18.8 Å². The first kappa shape index (κ1) is 21.7. The number of hydrogen-bond acceptors (Lipinski definition) is 10. The van der Waals surface area contributed by atoms with Crippen molar-refractivity contribution in [2.45, 2.75) is 76.6 Å². The minimum absolute atomic E-state index is 0.144. The maximum atomic E-state index is 6.42. The van der Waals surface area contributed by atoms with Gasteiger partial charge in [-0.05, 0) is 38.5 Å². The second-order valence-electron chi connectivity index (χ2n) is 8.98. The number of aromatic nitrogens is 7. The van der Waals surface area contributed by atoms with Gasteiger partial charge in [0.25, 0.3) is 0 Å². The van der Waals surface area contributed by atoms with E-state index in [1.165, 1.54) is 6.33 Å². The maximum Gasteiger partial charge on any atom is 0.324 e. The highest BCUT2D eigenvalue weighted by Gasteiger charge is 2.29. The summed E-state index contributed by atoms with van der Waals surface area (Å²) in [5, 5.41) is 8.12. The van der Waals surface area contributed by atoms with E-state index in [-0.39, 0.29) is 24.2 Å². The Morgan fingerprint density at radius 3 is 2.36 bits per heavy atom. The fraction of sp³-hybridized carbons (Fsp3) is 0.636. The second-order valence-corrected chi connectivity index (χ2v) is 8.98. The fourth-order valence-electron chi connectivity index (χ4n) is 4.32. The summed E-state index contributed by atoms with van der Waals surface area (Å²) in [7, 11) is 0. The van der Waals surface area contributed by atoms with Crippen LogP contribution < -0.4 is 9.64 Å². The van der Waals surface area contributed by atoms with Crippen molar-refractivity contribution in [1.29, 1.82) is 0 Å². The van der Waals surface area contributed by atoms with E-state index < -0.39 is 0 Å². The van der Waals surface area contributed by atoms with Gasteiger partial charge in [0.2, 0.25) is 5.88 Å². The van der Waals surface area contributed by atoms with Crippen LogP contribution in [0, 0.1) is 0 Å². The molecule has 0 atom stereocenters. The lowest BCUT2D eigenvalue weighted by molar-refractivity contribution is -0.0533. The number of ether oxygens (including phenoxy) is 2. The van der Waals surface area contributed by atoms with E-state index in [9.17, 15) is 0 Å². The van der Waals surface area contributed by atoms with Crippen LogP contribution in [0.15, 0.2) is 29.6 Å². The molecule has 2 fully saturated rings. The molecule has 33 heavy (non-hydrogen) atoms. The zero-order chi connectivity index (χ0) is 22.6.